The van der Waals surface area contributed by atoms with Gasteiger partial charge in [0.1, 0.15) is 5.75 Å². The number of anilines is 2. The van der Waals surface area contributed by atoms with Gasteiger partial charge in [-0.05, 0) is 56.3 Å². The highest BCUT2D eigenvalue weighted by molar-refractivity contribution is 6.04. The Kier molecular flexibility index (Phi) is 5.75. The molecule has 28 heavy (non-hydrogen) atoms. The molecule has 3 rings (SSSR count). The highest BCUT2D eigenvalue weighted by atomic mass is 16.5. The summed E-state index contributed by atoms with van der Waals surface area (Å²) in [7, 11) is 0. The Hall–Kier alpha value is -3.60. The molecule has 0 bridgehead atoms. The summed E-state index contributed by atoms with van der Waals surface area (Å²) in [4.78, 5) is 25.0. The molecule has 0 aromatic heterocycles. The Morgan fingerprint density at radius 3 is 1.96 bits per heavy atom. The van der Waals surface area contributed by atoms with E-state index in [0.717, 1.165) is 0 Å². The zero-order valence-electron chi connectivity index (χ0n) is 15.8. The lowest BCUT2D eigenvalue weighted by Crippen LogP contribution is -2.42. The second kappa shape index (κ2) is 8.39. The van der Waals surface area contributed by atoms with Gasteiger partial charge in [0.25, 0.3) is 11.8 Å². The largest absolute Gasteiger partial charge is 0.478 e. The molecule has 0 heterocycles. The molecule has 5 heteroatoms. The van der Waals surface area contributed by atoms with E-state index in [9.17, 15) is 9.59 Å². The van der Waals surface area contributed by atoms with Crippen LogP contribution < -0.4 is 15.4 Å². The van der Waals surface area contributed by atoms with E-state index in [1.165, 1.54) is 0 Å². The van der Waals surface area contributed by atoms with Crippen molar-refractivity contribution in [1.29, 1.82) is 0 Å². The van der Waals surface area contributed by atoms with E-state index in [-0.39, 0.29) is 11.8 Å². The Morgan fingerprint density at radius 2 is 1.32 bits per heavy atom. The number of carbonyl (C=O) groups excluding carboxylic acids is 2. The first-order valence-electron chi connectivity index (χ1n) is 8.96. The van der Waals surface area contributed by atoms with Crippen molar-refractivity contribution in [3.05, 3.63) is 90.5 Å². The molecule has 5 nitrogen and oxygen atoms in total. The van der Waals surface area contributed by atoms with Crippen molar-refractivity contribution in [2.24, 2.45) is 0 Å². The number of amides is 2. The number of ether oxygens (including phenoxy) is 1. The minimum Gasteiger partial charge on any atom is -0.478 e. The molecule has 0 spiro atoms. The summed E-state index contributed by atoms with van der Waals surface area (Å²) >= 11 is 0. The average molecular weight is 374 g/mol. The molecule has 0 aliphatic rings. The van der Waals surface area contributed by atoms with Gasteiger partial charge in [0.15, 0.2) is 5.60 Å². The third-order valence-electron chi connectivity index (χ3n) is 4.08. The Bertz CT molecular complexity index is 954. The normalized spacial score (nSPS) is 10.8. The SMILES string of the molecule is CC(C)(Oc1ccccc1)C(=O)Nc1cccc(NC(=O)c2ccccc2)c1. The van der Waals surface area contributed by atoms with Crippen molar-refractivity contribution in [3.8, 4) is 5.75 Å². The predicted molar refractivity (Wildman–Crippen MR) is 111 cm³/mol. The Labute approximate surface area is 164 Å². The molecule has 3 aromatic carbocycles. The van der Waals surface area contributed by atoms with Crippen LogP contribution in [0.1, 0.15) is 24.2 Å². The van der Waals surface area contributed by atoms with Crippen LogP contribution in [0.5, 0.6) is 5.75 Å². The zero-order valence-corrected chi connectivity index (χ0v) is 15.8. The third kappa shape index (κ3) is 4.98. The number of hydrogen-bond acceptors (Lipinski definition) is 3. The Morgan fingerprint density at radius 1 is 0.750 bits per heavy atom. The van der Waals surface area contributed by atoms with E-state index >= 15 is 0 Å². The quantitative estimate of drug-likeness (QED) is 0.655. The van der Waals surface area contributed by atoms with Gasteiger partial charge in [-0.1, -0.05) is 42.5 Å². The zero-order chi connectivity index (χ0) is 20.0. The minimum absolute atomic E-state index is 0.211. The summed E-state index contributed by atoms with van der Waals surface area (Å²) in [5, 5.41) is 5.67. The van der Waals surface area contributed by atoms with Crippen LogP contribution >= 0.6 is 0 Å². The maximum atomic E-state index is 12.7. The van der Waals surface area contributed by atoms with E-state index < -0.39 is 5.60 Å². The third-order valence-corrected chi connectivity index (χ3v) is 4.08. The predicted octanol–water partition coefficient (Wildman–Crippen LogP) is 4.74. The topological polar surface area (TPSA) is 67.4 Å². The van der Waals surface area contributed by atoms with Crippen LogP contribution in [-0.4, -0.2) is 17.4 Å². The first-order chi connectivity index (χ1) is 13.4. The Balaban J connectivity index is 1.66. The molecular formula is C23H22N2O3. The number of hydrogen-bond donors (Lipinski definition) is 2. The van der Waals surface area contributed by atoms with Gasteiger partial charge in [0.2, 0.25) is 0 Å². The summed E-state index contributed by atoms with van der Waals surface area (Å²) in [5.41, 5.74) is 0.661. The second-order valence-corrected chi connectivity index (χ2v) is 6.78. The number of nitrogens with one attached hydrogen (secondary N) is 2. The number of carbonyl (C=O) groups is 2. The van der Waals surface area contributed by atoms with Crippen LogP contribution in [0.25, 0.3) is 0 Å². The lowest BCUT2D eigenvalue weighted by Gasteiger charge is -2.25. The first-order valence-corrected chi connectivity index (χ1v) is 8.96. The van der Waals surface area contributed by atoms with Crippen LogP contribution in [0.3, 0.4) is 0 Å². The van der Waals surface area contributed by atoms with Crippen LogP contribution in [0, 0.1) is 0 Å². The molecule has 142 valence electrons. The van der Waals surface area contributed by atoms with Gasteiger partial charge in [0, 0.05) is 16.9 Å². The van der Waals surface area contributed by atoms with E-state index in [1.807, 2.05) is 24.3 Å². The van der Waals surface area contributed by atoms with Crippen LogP contribution in [0.4, 0.5) is 11.4 Å². The van der Waals surface area contributed by atoms with Gasteiger partial charge < -0.3 is 15.4 Å². The maximum Gasteiger partial charge on any atom is 0.267 e. The summed E-state index contributed by atoms with van der Waals surface area (Å²) in [6.45, 7) is 3.41. The van der Waals surface area contributed by atoms with Crippen molar-refractivity contribution < 1.29 is 14.3 Å². The molecule has 0 aliphatic carbocycles. The second-order valence-electron chi connectivity index (χ2n) is 6.78. The highest BCUT2D eigenvalue weighted by Gasteiger charge is 2.30. The van der Waals surface area contributed by atoms with Gasteiger partial charge >= 0.3 is 0 Å². The van der Waals surface area contributed by atoms with Gasteiger partial charge in [-0.3, -0.25) is 9.59 Å². The molecule has 0 unspecified atom stereocenters. The minimum atomic E-state index is -1.06. The lowest BCUT2D eigenvalue weighted by atomic mass is 10.1. The summed E-state index contributed by atoms with van der Waals surface area (Å²) < 4.78 is 5.81. The summed E-state index contributed by atoms with van der Waals surface area (Å²) in [6.07, 6.45) is 0. The summed E-state index contributed by atoms with van der Waals surface area (Å²) in [6, 6.07) is 25.1. The van der Waals surface area contributed by atoms with Crippen molar-refractivity contribution in [3.63, 3.8) is 0 Å². The summed E-state index contributed by atoms with van der Waals surface area (Å²) in [5.74, 6) is 0.117. The van der Waals surface area contributed by atoms with Crippen LogP contribution in [-0.2, 0) is 4.79 Å². The molecule has 0 atom stereocenters. The number of rotatable bonds is 6. The van der Waals surface area contributed by atoms with Crippen molar-refractivity contribution in [1.82, 2.24) is 0 Å². The lowest BCUT2D eigenvalue weighted by molar-refractivity contribution is -0.128. The van der Waals surface area contributed by atoms with Gasteiger partial charge in [-0.2, -0.15) is 0 Å². The molecule has 2 amide bonds. The smallest absolute Gasteiger partial charge is 0.267 e. The van der Waals surface area contributed by atoms with E-state index in [0.29, 0.717) is 22.7 Å². The van der Waals surface area contributed by atoms with E-state index in [4.69, 9.17) is 4.74 Å². The fourth-order valence-corrected chi connectivity index (χ4v) is 2.58. The number of para-hydroxylation sites is 1. The maximum absolute atomic E-state index is 12.7. The van der Waals surface area contributed by atoms with Crippen LogP contribution in [0.15, 0.2) is 84.9 Å². The van der Waals surface area contributed by atoms with Gasteiger partial charge in [0.05, 0.1) is 0 Å². The molecular weight excluding hydrogens is 352 g/mol. The first kappa shape index (κ1) is 19.2. The van der Waals surface area contributed by atoms with Gasteiger partial charge in [-0.15, -0.1) is 0 Å². The molecule has 0 saturated carbocycles. The van der Waals surface area contributed by atoms with E-state index in [1.54, 1.807) is 74.5 Å². The molecule has 0 fully saturated rings. The van der Waals surface area contributed by atoms with Crippen molar-refractivity contribution in [2.75, 3.05) is 10.6 Å². The molecule has 3 aromatic rings. The van der Waals surface area contributed by atoms with E-state index in [2.05, 4.69) is 10.6 Å². The fraction of sp³-hybridized carbons (Fsp3) is 0.130. The standard InChI is InChI=1S/C23H22N2O3/c1-23(2,28-20-14-7-4-8-15-20)22(27)25-19-13-9-12-18(16-19)24-21(26)17-10-5-3-6-11-17/h3-16H,1-2H3,(H,24,26)(H,25,27). The van der Waals surface area contributed by atoms with Crippen LogP contribution in [0.2, 0.25) is 0 Å². The number of benzene rings is 3. The highest BCUT2D eigenvalue weighted by Crippen LogP contribution is 2.21. The monoisotopic (exact) mass is 374 g/mol. The molecule has 0 radical (unpaired) electrons. The van der Waals surface area contributed by atoms with Crippen molar-refractivity contribution in [2.45, 2.75) is 19.4 Å². The average Bonchev–Trinajstić information content (AvgIpc) is 2.69. The van der Waals surface area contributed by atoms with Crippen molar-refractivity contribution >= 4 is 23.2 Å². The van der Waals surface area contributed by atoms with Gasteiger partial charge in [-0.25, -0.2) is 0 Å². The molecule has 0 aliphatic heterocycles. The fourth-order valence-electron chi connectivity index (χ4n) is 2.58. The molecule has 2 N–H and O–H groups in total. The molecule has 0 saturated heterocycles.